The first-order valence-electron chi connectivity index (χ1n) is 12.2. The standard InChI is InChI=1S/C29H31N3O4/c1-20-8-6-9-23(16-20)36-15-7-14-31-25-11-5-4-10-24(25)30-29(31)21-17-28(33)32(19-21)26-18-22(34-2)12-13-27(26)35-3/h4-6,8-13,16,18,21H,7,14-15,17,19H2,1-3H3/t21-/m0/s1. The van der Waals surface area contributed by atoms with Crippen LogP contribution in [-0.2, 0) is 11.3 Å². The molecule has 1 aliphatic heterocycles. The molecule has 4 aromatic rings. The van der Waals surface area contributed by atoms with Gasteiger partial charge in [-0.15, -0.1) is 0 Å². The minimum absolute atomic E-state index is 0.0292. The number of methoxy groups -OCH3 is 2. The maximum atomic E-state index is 13.2. The van der Waals surface area contributed by atoms with Gasteiger partial charge in [0.15, 0.2) is 0 Å². The summed E-state index contributed by atoms with van der Waals surface area (Å²) >= 11 is 0. The summed E-state index contributed by atoms with van der Waals surface area (Å²) in [5, 5.41) is 0. The number of aromatic nitrogens is 2. The normalized spacial score (nSPS) is 15.5. The van der Waals surface area contributed by atoms with Crippen molar-refractivity contribution in [2.75, 3.05) is 32.3 Å². The van der Waals surface area contributed by atoms with Gasteiger partial charge in [-0.25, -0.2) is 4.98 Å². The van der Waals surface area contributed by atoms with Crippen LogP contribution >= 0.6 is 0 Å². The number of para-hydroxylation sites is 2. The fourth-order valence-corrected chi connectivity index (χ4v) is 4.88. The molecular formula is C29H31N3O4. The molecule has 3 aromatic carbocycles. The number of nitrogens with zero attached hydrogens (tertiary/aromatic N) is 3. The minimum Gasteiger partial charge on any atom is -0.497 e. The number of fused-ring (bicyclic) bond motifs is 1. The fraction of sp³-hybridized carbons (Fsp3) is 0.310. The molecule has 0 spiro atoms. The molecule has 0 bridgehead atoms. The van der Waals surface area contributed by atoms with Gasteiger partial charge < -0.3 is 23.7 Å². The third-order valence-corrected chi connectivity index (χ3v) is 6.64. The van der Waals surface area contributed by atoms with E-state index in [4.69, 9.17) is 19.2 Å². The zero-order chi connectivity index (χ0) is 25.1. The lowest BCUT2D eigenvalue weighted by atomic mass is 10.1. The van der Waals surface area contributed by atoms with E-state index in [0.29, 0.717) is 31.1 Å². The van der Waals surface area contributed by atoms with Crippen molar-refractivity contribution in [3.05, 3.63) is 78.1 Å². The molecule has 1 saturated heterocycles. The van der Waals surface area contributed by atoms with Crippen LogP contribution in [0.5, 0.6) is 17.2 Å². The summed E-state index contributed by atoms with van der Waals surface area (Å²) in [5.74, 6) is 3.17. The Morgan fingerprint density at radius 1 is 0.972 bits per heavy atom. The van der Waals surface area contributed by atoms with E-state index in [1.54, 1.807) is 19.1 Å². The van der Waals surface area contributed by atoms with Gasteiger partial charge in [-0.1, -0.05) is 24.3 Å². The SMILES string of the molecule is COc1ccc(OC)c(N2C[C@@H](c3nc4ccccc4n3CCCOc3cccc(C)c3)CC2=O)c1. The highest BCUT2D eigenvalue weighted by Gasteiger charge is 2.36. The summed E-state index contributed by atoms with van der Waals surface area (Å²) in [6.45, 7) is 3.95. The van der Waals surface area contributed by atoms with E-state index < -0.39 is 0 Å². The molecule has 0 N–H and O–H groups in total. The number of ether oxygens (including phenoxy) is 3. The van der Waals surface area contributed by atoms with Gasteiger partial charge in [0, 0.05) is 31.5 Å². The number of hydrogen-bond donors (Lipinski definition) is 0. The quantitative estimate of drug-likeness (QED) is 0.299. The number of benzene rings is 3. The van der Waals surface area contributed by atoms with Crippen LogP contribution < -0.4 is 19.1 Å². The van der Waals surface area contributed by atoms with Gasteiger partial charge in [-0.2, -0.15) is 0 Å². The van der Waals surface area contributed by atoms with Gasteiger partial charge in [0.05, 0.1) is 37.5 Å². The van der Waals surface area contributed by atoms with Crippen molar-refractivity contribution in [2.24, 2.45) is 0 Å². The molecule has 186 valence electrons. The summed E-state index contributed by atoms with van der Waals surface area (Å²) in [4.78, 5) is 19.9. The number of amides is 1. The Kier molecular flexibility index (Phi) is 6.80. The van der Waals surface area contributed by atoms with Crippen LogP contribution in [-0.4, -0.2) is 42.8 Å². The number of rotatable bonds is 9. The number of carbonyl (C=O) groups is 1. The van der Waals surface area contributed by atoms with Gasteiger partial charge >= 0.3 is 0 Å². The summed E-state index contributed by atoms with van der Waals surface area (Å²) in [6.07, 6.45) is 1.22. The van der Waals surface area contributed by atoms with E-state index in [-0.39, 0.29) is 11.8 Å². The van der Waals surface area contributed by atoms with Crippen LogP contribution in [0.15, 0.2) is 66.7 Å². The second kappa shape index (κ2) is 10.3. The molecule has 1 fully saturated rings. The molecule has 0 radical (unpaired) electrons. The van der Waals surface area contributed by atoms with Crippen molar-refractivity contribution < 1.29 is 19.0 Å². The van der Waals surface area contributed by atoms with Crippen molar-refractivity contribution in [1.82, 2.24) is 9.55 Å². The summed E-state index contributed by atoms with van der Waals surface area (Å²) in [7, 11) is 3.23. The second-order valence-electron chi connectivity index (χ2n) is 9.07. The Morgan fingerprint density at radius 2 is 1.83 bits per heavy atom. The molecule has 1 aliphatic rings. The number of carbonyl (C=O) groups excluding carboxylic acids is 1. The van der Waals surface area contributed by atoms with Crippen molar-refractivity contribution in [2.45, 2.75) is 32.2 Å². The third-order valence-electron chi connectivity index (χ3n) is 6.64. The van der Waals surface area contributed by atoms with E-state index in [2.05, 4.69) is 23.6 Å². The molecule has 0 unspecified atom stereocenters. The van der Waals surface area contributed by atoms with Crippen LogP contribution in [0.4, 0.5) is 5.69 Å². The average Bonchev–Trinajstić information content (AvgIpc) is 3.46. The van der Waals surface area contributed by atoms with E-state index in [1.807, 2.05) is 54.6 Å². The Hall–Kier alpha value is -4.00. The Balaban J connectivity index is 1.37. The van der Waals surface area contributed by atoms with E-state index in [9.17, 15) is 4.79 Å². The summed E-state index contributed by atoms with van der Waals surface area (Å²) in [6, 6.07) is 21.8. The molecule has 1 amide bonds. The lowest BCUT2D eigenvalue weighted by Gasteiger charge is -2.20. The van der Waals surface area contributed by atoms with Gasteiger partial charge in [0.25, 0.3) is 0 Å². The summed E-state index contributed by atoms with van der Waals surface area (Å²) < 4.78 is 19.2. The maximum absolute atomic E-state index is 13.2. The lowest BCUT2D eigenvalue weighted by Crippen LogP contribution is -2.25. The molecular weight excluding hydrogens is 454 g/mol. The first-order valence-corrected chi connectivity index (χ1v) is 12.2. The predicted octanol–water partition coefficient (Wildman–Crippen LogP) is 5.35. The highest BCUT2D eigenvalue weighted by Crippen LogP contribution is 2.39. The second-order valence-corrected chi connectivity index (χ2v) is 9.07. The number of hydrogen-bond acceptors (Lipinski definition) is 5. The molecule has 1 aromatic heterocycles. The van der Waals surface area contributed by atoms with Crippen molar-refractivity contribution in [3.8, 4) is 17.2 Å². The molecule has 1 atom stereocenters. The first kappa shape index (κ1) is 23.7. The molecule has 2 heterocycles. The Labute approximate surface area is 211 Å². The fourth-order valence-electron chi connectivity index (χ4n) is 4.88. The Bertz CT molecular complexity index is 1380. The van der Waals surface area contributed by atoms with Crippen molar-refractivity contribution in [3.63, 3.8) is 0 Å². The molecule has 0 saturated carbocycles. The first-order chi connectivity index (χ1) is 17.6. The highest BCUT2D eigenvalue weighted by molar-refractivity contribution is 5.98. The van der Waals surface area contributed by atoms with E-state index in [1.165, 1.54) is 5.56 Å². The molecule has 7 heteroatoms. The number of aryl methyl sites for hydroxylation is 2. The van der Waals surface area contributed by atoms with Crippen LogP contribution in [0.2, 0.25) is 0 Å². The van der Waals surface area contributed by atoms with Gasteiger partial charge in [-0.3, -0.25) is 4.79 Å². The van der Waals surface area contributed by atoms with E-state index in [0.717, 1.165) is 41.3 Å². The average molecular weight is 486 g/mol. The zero-order valence-electron chi connectivity index (χ0n) is 20.9. The highest BCUT2D eigenvalue weighted by atomic mass is 16.5. The molecule has 36 heavy (non-hydrogen) atoms. The van der Waals surface area contributed by atoms with Crippen molar-refractivity contribution >= 4 is 22.6 Å². The van der Waals surface area contributed by atoms with Crippen LogP contribution in [0.25, 0.3) is 11.0 Å². The molecule has 5 rings (SSSR count). The smallest absolute Gasteiger partial charge is 0.227 e. The summed E-state index contributed by atoms with van der Waals surface area (Å²) in [5.41, 5.74) is 3.92. The van der Waals surface area contributed by atoms with Crippen LogP contribution in [0.1, 0.15) is 30.1 Å². The Morgan fingerprint density at radius 3 is 2.64 bits per heavy atom. The molecule has 7 nitrogen and oxygen atoms in total. The third kappa shape index (κ3) is 4.73. The van der Waals surface area contributed by atoms with Gasteiger partial charge in [0.2, 0.25) is 5.91 Å². The largest absolute Gasteiger partial charge is 0.497 e. The van der Waals surface area contributed by atoms with E-state index >= 15 is 0 Å². The topological polar surface area (TPSA) is 65.8 Å². The number of imidazole rings is 1. The number of anilines is 1. The molecule has 0 aliphatic carbocycles. The lowest BCUT2D eigenvalue weighted by molar-refractivity contribution is -0.117. The van der Waals surface area contributed by atoms with Gasteiger partial charge in [0.1, 0.15) is 23.1 Å². The minimum atomic E-state index is -0.0292. The predicted molar refractivity (Wildman–Crippen MR) is 140 cm³/mol. The maximum Gasteiger partial charge on any atom is 0.227 e. The van der Waals surface area contributed by atoms with Crippen molar-refractivity contribution in [1.29, 1.82) is 0 Å². The van der Waals surface area contributed by atoms with Crippen LogP contribution in [0, 0.1) is 6.92 Å². The van der Waals surface area contributed by atoms with Crippen LogP contribution in [0.3, 0.4) is 0 Å². The van der Waals surface area contributed by atoms with Gasteiger partial charge in [-0.05, 0) is 55.3 Å². The zero-order valence-corrected chi connectivity index (χ0v) is 20.9. The monoisotopic (exact) mass is 485 g/mol.